The predicted octanol–water partition coefficient (Wildman–Crippen LogP) is 2.15. The zero-order valence-electron chi connectivity index (χ0n) is 13.7. The summed E-state index contributed by atoms with van der Waals surface area (Å²) in [6.45, 7) is 3.99. The van der Waals surface area contributed by atoms with E-state index in [0.717, 1.165) is 12.8 Å². The summed E-state index contributed by atoms with van der Waals surface area (Å²) in [6, 6.07) is 4.39. The van der Waals surface area contributed by atoms with Crippen LogP contribution in [0.3, 0.4) is 0 Å². The number of carboxylic acid groups (broad SMARTS) is 1. The van der Waals surface area contributed by atoms with Gasteiger partial charge in [0, 0.05) is 29.8 Å². The smallest absolute Gasteiger partial charge is 0.317 e. The van der Waals surface area contributed by atoms with E-state index < -0.39 is 10.9 Å². The lowest BCUT2D eigenvalue weighted by molar-refractivity contribution is -0.384. The standard InChI is InChI=1S/C16H21N3O5/c1-3-18(9-16(21)22)13-6-11(7-13)17-15-8-12(19(23)24)4-5-14(15)10(2)20/h4-5,8,11,13,17H,3,6-7,9H2,1-2H3,(H,21,22). The fourth-order valence-corrected chi connectivity index (χ4v) is 2.97. The van der Waals surface area contributed by atoms with Gasteiger partial charge in [-0.1, -0.05) is 6.92 Å². The highest BCUT2D eigenvalue weighted by atomic mass is 16.6. The van der Waals surface area contributed by atoms with Crippen LogP contribution in [0.4, 0.5) is 11.4 Å². The normalized spacial score (nSPS) is 19.6. The zero-order valence-corrected chi connectivity index (χ0v) is 13.7. The molecule has 0 radical (unpaired) electrons. The second-order valence-electron chi connectivity index (χ2n) is 5.97. The first-order valence-corrected chi connectivity index (χ1v) is 7.83. The molecule has 1 aromatic rings. The Hall–Kier alpha value is -2.48. The number of carbonyl (C=O) groups is 2. The van der Waals surface area contributed by atoms with Gasteiger partial charge >= 0.3 is 5.97 Å². The molecule has 2 N–H and O–H groups in total. The molecule has 0 heterocycles. The molecule has 1 saturated carbocycles. The van der Waals surface area contributed by atoms with Gasteiger partial charge in [-0.15, -0.1) is 0 Å². The van der Waals surface area contributed by atoms with Crippen LogP contribution in [0.1, 0.15) is 37.0 Å². The molecule has 1 fully saturated rings. The minimum Gasteiger partial charge on any atom is -0.480 e. The number of aliphatic carboxylic acids is 1. The molecule has 0 bridgehead atoms. The van der Waals surface area contributed by atoms with Gasteiger partial charge in [0.15, 0.2) is 5.78 Å². The second-order valence-corrected chi connectivity index (χ2v) is 5.97. The van der Waals surface area contributed by atoms with Gasteiger partial charge in [-0.3, -0.25) is 24.6 Å². The lowest BCUT2D eigenvalue weighted by Crippen LogP contribution is -2.51. The molecule has 0 amide bonds. The summed E-state index contributed by atoms with van der Waals surface area (Å²) in [5.41, 5.74) is 0.808. The highest BCUT2D eigenvalue weighted by Crippen LogP contribution is 2.31. The number of carboxylic acids is 1. The zero-order chi connectivity index (χ0) is 17.9. The number of likely N-dealkylation sites (N-methyl/N-ethyl adjacent to an activating group) is 1. The number of non-ortho nitro benzene ring substituents is 1. The van der Waals surface area contributed by atoms with Crippen molar-refractivity contribution in [3.63, 3.8) is 0 Å². The molecule has 0 atom stereocenters. The lowest BCUT2D eigenvalue weighted by Gasteiger charge is -2.42. The van der Waals surface area contributed by atoms with E-state index in [1.807, 2.05) is 11.8 Å². The number of nitro groups is 1. The van der Waals surface area contributed by atoms with Gasteiger partial charge in [-0.25, -0.2) is 0 Å². The Labute approximate surface area is 139 Å². The van der Waals surface area contributed by atoms with E-state index in [1.54, 1.807) is 0 Å². The van der Waals surface area contributed by atoms with E-state index in [0.29, 0.717) is 17.8 Å². The van der Waals surface area contributed by atoms with Crippen molar-refractivity contribution in [2.45, 2.75) is 38.8 Å². The summed E-state index contributed by atoms with van der Waals surface area (Å²) in [4.78, 5) is 34.9. The number of ketones is 1. The third kappa shape index (κ3) is 4.08. The molecule has 0 unspecified atom stereocenters. The van der Waals surface area contributed by atoms with E-state index >= 15 is 0 Å². The van der Waals surface area contributed by atoms with Crippen LogP contribution in [0.2, 0.25) is 0 Å². The largest absolute Gasteiger partial charge is 0.480 e. The monoisotopic (exact) mass is 335 g/mol. The molecule has 130 valence electrons. The van der Waals surface area contributed by atoms with Crippen LogP contribution in [0, 0.1) is 10.1 Å². The van der Waals surface area contributed by atoms with E-state index in [9.17, 15) is 19.7 Å². The molecule has 8 heteroatoms. The van der Waals surface area contributed by atoms with Crippen LogP contribution < -0.4 is 5.32 Å². The Balaban J connectivity index is 2.05. The van der Waals surface area contributed by atoms with Crippen molar-refractivity contribution in [2.75, 3.05) is 18.4 Å². The first-order chi connectivity index (χ1) is 11.3. The summed E-state index contributed by atoms with van der Waals surface area (Å²) in [5.74, 6) is -1.02. The number of hydrogen-bond donors (Lipinski definition) is 2. The Kier molecular flexibility index (Phi) is 5.50. The van der Waals surface area contributed by atoms with Gasteiger partial charge in [0.1, 0.15) is 0 Å². The van der Waals surface area contributed by atoms with Crippen molar-refractivity contribution in [2.24, 2.45) is 0 Å². The van der Waals surface area contributed by atoms with Gasteiger partial charge in [-0.05, 0) is 32.4 Å². The molecule has 0 spiro atoms. The van der Waals surface area contributed by atoms with E-state index in [1.165, 1.54) is 25.1 Å². The quantitative estimate of drug-likeness (QED) is 0.425. The van der Waals surface area contributed by atoms with Crippen molar-refractivity contribution in [1.29, 1.82) is 0 Å². The number of rotatable bonds is 8. The first kappa shape index (κ1) is 17.9. The molecular formula is C16H21N3O5. The SMILES string of the molecule is CCN(CC(=O)O)C1CC(Nc2cc([N+](=O)[O-])ccc2C(C)=O)C1. The second kappa shape index (κ2) is 7.39. The van der Waals surface area contributed by atoms with Gasteiger partial charge < -0.3 is 10.4 Å². The highest BCUT2D eigenvalue weighted by Gasteiger charge is 2.34. The number of hydrogen-bond acceptors (Lipinski definition) is 6. The van der Waals surface area contributed by atoms with Gasteiger partial charge in [0.25, 0.3) is 5.69 Å². The predicted molar refractivity (Wildman–Crippen MR) is 88.4 cm³/mol. The Morgan fingerprint density at radius 2 is 2.08 bits per heavy atom. The summed E-state index contributed by atoms with van der Waals surface area (Å²) in [5, 5.41) is 23.0. The molecule has 1 aromatic carbocycles. The number of Topliss-reactive ketones (excluding diaryl/α,β-unsaturated/α-hetero) is 1. The summed E-state index contributed by atoms with van der Waals surface area (Å²) in [7, 11) is 0. The summed E-state index contributed by atoms with van der Waals surface area (Å²) in [6.07, 6.45) is 1.47. The molecule has 2 rings (SSSR count). The number of nitrogens with zero attached hydrogens (tertiary/aromatic N) is 2. The van der Waals surface area contributed by atoms with E-state index in [-0.39, 0.29) is 30.1 Å². The number of carbonyl (C=O) groups excluding carboxylic acids is 1. The molecule has 8 nitrogen and oxygen atoms in total. The van der Waals surface area contributed by atoms with Gasteiger partial charge in [0.2, 0.25) is 0 Å². The number of nitro benzene ring substituents is 1. The van der Waals surface area contributed by atoms with Crippen LogP contribution in [0.5, 0.6) is 0 Å². The van der Waals surface area contributed by atoms with Crippen molar-refractivity contribution in [3.05, 3.63) is 33.9 Å². The van der Waals surface area contributed by atoms with Crippen molar-refractivity contribution >= 4 is 23.1 Å². The van der Waals surface area contributed by atoms with Crippen LogP contribution in [0.25, 0.3) is 0 Å². The maximum atomic E-state index is 11.7. The Morgan fingerprint density at radius 1 is 1.42 bits per heavy atom. The third-order valence-corrected chi connectivity index (χ3v) is 4.33. The topological polar surface area (TPSA) is 113 Å². The Bertz CT molecular complexity index is 655. The maximum Gasteiger partial charge on any atom is 0.317 e. The van der Waals surface area contributed by atoms with Crippen molar-refractivity contribution in [3.8, 4) is 0 Å². The molecule has 1 aliphatic rings. The minimum atomic E-state index is -0.856. The molecule has 24 heavy (non-hydrogen) atoms. The summed E-state index contributed by atoms with van der Waals surface area (Å²) < 4.78 is 0. The first-order valence-electron chi connectivity index (χ1n) is 7.83. The maximum absolute atomic E-state index is 11.7. The van der Waals surface area contributed by atoms with Crippen LogP contribution in [-0.2, 0) is 4.79 Å². The van der Waals surface area contributed by atoms with Crippen molar-refractivity contribution in [1.82, 2.24) is 4.90 Å². The fraction of sp³-hybridized carbons (Fsp3) is 0.500. The van der Waals surface area contributed by atoms with Crippen LogP contribution >= 0.6 is 0 Å². The highest BCUT2D eigenvalue weighted by molar-refractivity contribution is 6.00. The van der Waals surface area contributed by atoms with Gasteiger partial charge in [0.05, 0.1) is 17.2 Å². The summed E-state index contributed by atoms with van der Waals surface area (Å²) >= 11 is 0. The number of benzene rings is 1. The van der Waals surface area contributed by atoms with E-state index in [4.69, 9.17) is 5.11 Å². The Morgan fingerprint density at radius 3 is 2.58 bits per heavy atom. The van der Waals surface area contributed by atoms with E-state index in [2.05, 4.69) is 5.32 Å². The molecular weight excluding hydrogens is 314 g/mol. The fourth-order valence-electron chi connectivity index (χ4n) is 2.97. The molecule has 0 aromatic heterocycles. The lowest BCUT2D eigenvalue weighted by atomic mass is 9.85. The molecule has 1 aliphatic carbocycles. The minimum absolute atomic E-state index is 0.00336. The van der Waals surface area contributed by atoms with Crippen molar-refractivity contribution < 1.29 is 19.6 Å². The van der Waals surface area contributed by atoms with Gasteiger partial charge in [-0.2, -0.15) is 0 Å². The number of nitrogens with one attached hydrogen (secondary N) is 1. The van der Waals surface area contributed by atoms with Crippen LogP contribution in [-0.4, -0.2) is 51.9 Å². The van der Waals surface area contributed by atoms with Crippen LogP contribution in [0.15, 0.2) is 18.2 Å². The average molecular weight is 335 g/mol. The molecule has 0 aliphatic heterocycles. The average Bonchev–Trinajstić information content (AvgIpc) is 2.47. The third-order valence-electron chi connectivity index (χ3n) is 4.33. The molecule has 0 saturated heterocycles. The number of anilines is 1.